The van der Waals surface area contributed by atoms with Crippen LogP contribution in [0.15, 0.2) is 12.3 Å². The normalized spacial score (nSPS) is 10.6. The van der Waals surface area contributed by atoms with Gasteiger partial charge in [-0.1, -0.05) is 6.92 Å². The minimum atomic E-state index is 0.332. The van der Waals surface area contributed by atoms with Crippen LogP contribution in [0.5, 0.6) is 0 Å². The summed E-state index contributed by atoms with van der Waals surface area (Å²) in [5, 5.41) is 0. The molecule has 0 atom stereocenters. The van der Waals surface area contributed by atoms with Crippen LogP contribution in [-0.4, -0.2) is 19.7 Å². The molecular formula is C11H20O3. The molecule has 0 aromatic heterocycles. The fourth-order valence-electron chi connectivity index (χ4n) is 0.917. The molecule has 0 spiro atoms. The minimum Gasteiger partial charge on any atom is -0.475 e. The molecule has 0 fully saturated rings. The first-order valence-corrected chi connectivity index (χ1v) is 5.19. The Morgan fingerprint density at radius 2 is 2.00 bits per heavy atom. The van der Waals surface area contributed by atoms with Gasteiger partial charge < -0.3 is 14.3 Å². The summed E-state index contributed by atoms with van der Waals surface area (Å²) < 4.78 is 10.2. The summed E-state index contributed by atoms with van der Waals surface area (Å²) in [5.41, 5.74) is 0. The number of rotatable bonds is 10. The van der Waals surface area contributed by atoms with Crippen molar-refractivity contribution >= 4 is 6.29 Å². The van der Waals surface area contributed by atoms with Gasteiger partial charge in [-0.3, -0.25) is 0 Å². The zero-order valence-electron chi connectivity index (χ0n) is 8.91. The van der Waals surface area contributed by atoms with Gasteiger partial charge in [0.25, 0.3) is 0 Å². The maximum absolute atomic E-state index is 9.98. The summed E-state index contributed by atoms with van der Waals surface area (Å²) in [5.74, 6) is 0. The predicted molar refractivity (Wildman–Crippen MR) is 55.9 cm³/mol. The van der Waals surface area contributed by atoms with E-state index < -0.39 is 0 Å². The van der Waals surface area contributed by atoms with Gasteiger partial charge in [-0.25, -0.2) is 0 Å². The largest absolute Gasteiger partial charge is 0.475 e. The molecule has 0 aliphatic heterocycles. The number of carbonyl (C=O) groups is 1. The van der Waals surface area contributed by atoms with Crippen molar-refractivity contribution in [2.45, 2.75) is 39.0 Å². The topological polar surface area (TPSA) is 35.5 Å². The Hall–Kier alpha value is -0.830. The van der Waals surface area contributed by atoms with E-state index in [9.17, 15) is 4.79 Å². The van der Waals surface area contributed by atoms with E-state index >= 15 is 0 Å². The second-order valence-electron chi connectivity index (χ2n) is 3.02. The molecule has 82 valence electrons. The number of allylic oxidation sites excluding steroid dienone is 1. The summed E-state index contributed by atoms with van der Waals surface area (Å²) in [7, 11) is 0. The van der Waals surface area contributed by atoms with Crippen molar-refractivity contribution in [3.8, 4) is 0 Å². The molecule has 0 aliphatic carbocycles. The fourth-order valence-corrected chi connectivity index (χ4v) is 0.917. The predicted octanol–water partition coefficient (Wildman–Crippen LogP) is 2.66. The van der Waals surface area contributed by atoms with E-state index in [2.05, 4.69) is 6.92 Å². The van der Waals surface area contributed by atoms with Gasteiger partial charge in [0.15, 0.2) is 6.79 Å². The first kappa shape index (κ1) is 13.2. The van der Waals surface area contributed by atoms with E-state index in [1.165, 1.54) is 0 Å². The Morgan fingerprint density at radius 3 is 2.71 bits per heavy atom. The second kappa shape index (κ2) is 12.2. The van der Waals surface area contributed by atoms with Crippen molar-refractivity contribution in [1.29, 1.82) is 0 Å². The van der Waals surface area contributed by atoms with Crippen LogP contribution in [0.2, 0.25) is 0 Å². The van der Waals surface area contributed by atoms with Crippen LogP contribution in [0.1, 0.15) is 39.0 Å². The molecule has 0 saturated carbocycles. The maximum Gasteiger partial charge on any atom is 0.188 e. The zero-order chi connectivity index (χ0) is 10.5. The van der Waals surface area contributed by atoms with Gasteiger partial charge in [0, 0.05) is 6.42 Å². The van der Waals surface area contributed by atoms with Crippen molar-refractivity contribution in [2.75, 3.05) is 13.4 Å². The third kappa shape index (κ3) is 11.2. The van der Waals surface area contributed by atoms with Gasteiger partial charge in [-0.15, -0.1) is 0 Å². The minimum absolute atomic E-state index is 0.332. The Morgan fingerprint density at radius 1 is 1.21 bits per heavy atom. The van der Waals surface area contributed by atoms with E-state index in [4.69, 9.17) is 9.47 Å². The van der Waals surface area contributed by atoms with E-state index in [1.807, 2.05) is 6.08 Å². The molecule has 0 radical (unpaired) electrons. The van der Waals surface area contributed by atoms with Crippen LogP contribution in [-0.2, 0) is 14.3 Å². The molecule has 0 bridgehead atoms. The summed E-state index contributed by atoms with van der Waals surface area (Å²) in [4.78, 5) is 9.98. The van der Waals surface area contributed by atoms with Crippen LogP contribution in [0, 0.1) is 0 Å². The summed E-state index contributed by atoms with van der Waals surface area (Å²) in [6.07, 6.45) is 9.21. The van der Waals surface area contributed by atoms with E-state index in [1.54, 1.807) is 6.26 Å². The smallest absolute Gasteiger partial charge is 0.188 e. The van der Waals surface area contributed by atoms with Gasteiger partial charge in [0.05, 0.1) is 12.9 Å². The van der Waals surface area contributed by atoms with Crippen LogP contribution < -0.4 is 0 Å². The number of ether oxygens (including phenoxy) is 2. The van der Waals surface area contributed by atoms with E-state index in [-0.39, 0.29) is 0 Å². The number of carbonyl (C=O) groups excluding carboxylic acids is 1. The molecule has 0 saturated heterocycles. The monoisotopic (exact) mass is 200 g/mol. The van der Waals surface area contributed by atoms with Gasteiger partial charge >= 0.3 is 0 Å². The first-order valence-electron chi connectivity index (χ1n) is 5.19. The molecule has 14 heavy (non-hydrogen) atoms. The third-order valence-corrected chi connectivity index (χ3v) is 1.64. The standard InChI is InChI=1S/C11H20O3/c1-2-9-13-11-14-10-7-5-3-4-6-8-12/h7-8,10H,2-6,9,11H2,1H3. The van der Waals surface area contributed by atoms with Crippen molar-refractivity contribution in [3.05, 3.63) is 12.3 Å². The van der Waals surface area contributed by atoms with Crippen LogP contribution in [0.3, 0.4) is 0 Å². The first-order chi connectivity index (χ1) is 6.91. The van der Waals surface area contributed by atoms with Crippen molar-refractivity contribution in [1.82, 2.24) is 0 Å². The Balaban J connectivity index is 2.99. The number of hydrogen-bond donors (Lipinski definition) is 0. The van der Waals surface area contributed by atoms with E-state index in [0.29, 0.717) is 13.2 Å². The van der Waals surface area contributed by atoms with Crippen molar-refractivity contribution in [3.63, 3.8) is 0 Å². The Bertz CT molecular complexity index is 143. The zero-order valence-corrected chi connectivity index (χ0v) is 8.91. The summed E-state index contributed by atoms with van der Waals surface area (Å²) in [6.45, 7) is 3.13. The lowest BCUT2D eigenvalue weighted by Gasteiger charge is -2.00. The molecule has 0 unspecified atom stereocenters. The highest BCUT2D eigenvalue weighted by atomic mass is 16.7. The highest BCUT2D eigenvalue weighted by Gasteiger charge is 1.85. The molecule has 0 amide bonds. The van der Waals surface area contributed by atoms with Crippen LogP contribution >= 0.6 is 0 Å². The van der Waals surface area contributed by atoms with Gasteiger partial charge in [-0.2, -0.15) is 0 Å². The molecule has 0 heterocycles. The number of unbranched alkanes of at least 4 members (excludes halogenated alkanes) is 3. The van der Waals surface area contributed by atoms with Gasteiger partial charge in [-0.05, 0) is 31.8 Å². The molecule has 0 aromatic rings. The highest BCUT2D eigenvalue weighted by Crippen LogP contribution is 1.98. The lowest BCUT2D eigenvalue weighted by molar-refractivity contribution is -0.107. The molecule has 0 aliphatic rings. The SMILES string of the molecule is CCCOCOC=CCCCCC=O. The van der Waals surface area contributed by atoms with Gasteiger partial charge in [0.1, 0.15) is 6.29 Å². The lowest BCUT2D eigenvalue weighted by Crippen LogP contribution is -1.96. The average Bonchev–Trinajstić information content (AvgIpc) is 2.21. The molecular weight excluding hydrogens is 180 g/mol. The van der Waals surface area contributed by atoms with Crippen LogP contribution in [0.4, 0.5) is 0 Å². The summed E-state index contributed by atoms with van der Waals surface area (Å²) in [6, 6.07) is 0. The Kier molecular flexibility index (Phi) is 11.4. The molecule has 0 N–H and O–H groups in total. The quantitative estimate of drug-likeness (QED) is 0.235. The molecule has 3 heteroatoms. The molecule has 3 nitrogen and oxygen atoms in total. The molecule has 0 rings (SSSR count). The van der Waals surface area contributed by atoms with Crippen molar-refractivity contribution < 1.29 is 14.3 Å². The second-order valence-corrected chi connectivity index (χ2v) is 3.02. The van der Waals surface area contributed by atoms with Crippen molar-refractivity contribution in [2.24, 2.45) is 0 Å². The lowest BCUT2D eigenvalue weighted by atomic mass is 10.2. The third-order valence-electron chi connectivity index (χ3n) is 1.64. The summed E-state index contributed by atoms with van der Waals surface area (Å²) >= 11 is 0. The number of aldehydes is 1. The number of hydrogen-bond acceptors (Lipinski definition) is 3. The Labute approximate surface area is 86.1 Å². The van der Waals surface area contributed by atoms with E-state index in [0.717, 1.165) is 38.6 Å². The van der Waals surface area contributed by atoms with Crippen LogP contribution in [0.25, 0.3) is 0 Å². The molecule has 0 aromatic carbocycles. The maximum atomic E-state index is 9.98. The van der Waals surface area contributed by atoms with Gasteiger partial charge in [0.2, 0.25) is 0 Å². The highest BCUT2D eigenvalue weighted by molar-refractivity contribution is 5.48. The fraction of sp³-hybridized carbons (Fsp3) is 0.727. The average molecular weight is 200 g/mol.